The Labute approximate surface area is 107 Å². The van der Waals surface area contributed by atoms with Gasteiger partial charge in [-0.15, -0.1) is 0 Å². The first-order valence-electron chi connectivity index (χ1n) is 6.85. The Bertz CT molecular complexity index is 404. The maximum atomic E-state index is 12.5. The normalized spacial score (nSPS) is 38.1. The first kappa shape index (κ1) is 11.8. The van der Waals surface area contributed by atoms with Crippen molar-refractivity contribution in [2.24, 2.45) is 17.8 Å². The second-order valence-electron chi connectivity index (χ2n) is 5.82. The number of hydrogen-bond acceptors (Lipinski definition) is 2. The van der Waals surface area contributed by atoms with Gasteiger partial charge in [-0.1, -0.05) is 12.2 Å². The van der Waals surface area contributed by atoms with Gasteiger partial charge >= 0.3 is 5.97 Å². The molecular weight excluding hydrogens is 230 g/mol. The van der Waals surface area contributed by atoms with Crippen molar-refractivity contribution in [3.8, 4) is 0 Å². The third-order valence-electron chi connectivity index (χ3n) is 4.76. The van der Waals surface area contributed by atoms with Gasteiger partial charge in [0.15, 0.2) is 0 Å². The fourth-order valence-corrected chi connectivity index (χ4v) is 3.77. The van der Waals surface area contributed by atoms with Crippen LogP contribution in [0.3, 0.4) is 0 Å². The minimum Gasteiger partial charge on any atom is -0.481 e. The van der Waals surface area contributed by atoms with Gasteiger partial charge in [0.25, 0.3) is 0 Å². The molecule has 3 aliphatic rings. The highest BCUT2D eigenvalue weighted by Gasteiger charge is 2.44. The first-order chi connectivity index (χ1) is 8.66. The molecule has 3 rings (SSSR count). The summed E-state index contributed by atoms with van der Waals surface area (Å²) in [5, 5.41) is 9.23. The fourth-order valence-electron chi connectivity index (χ4n) is 3.77. The molecule has 1 heterocycles. The van der Waals surface area contributed by atoms with Crippen molar-refractivity contribution in [1.29, 1.82) is 0 Å². The van der Waals surface area contributed by atoms with Crippen LogP contribution in [0.1, 0.15) is 32.1 Å². The third kappa shape index (κ3) is 1.84. The smallest absolute Gasteiger partial charge is 0.307 e. The summed E-state index contributed by atoms with van der Waals surface area (Å²) in [4.78, 5) is 25.7. The predicted octanol–water partition coefficient (Wildman–Crippen LogP) is 1.66. The molecule has 0 aromatic carbocycles. The second kappa shape index (κ2) is 4.41. The molecule has 0 spiro atoms. The highest BCUT2D eigenvalue weighted by Crippen LogP contribution is 2.39. The van der Waals surface area contributed by atoms with Crippen LogP contribution in [0.15, 0.2) is 12.2 Å². The molecule has 1 saturated heterocycles. The lowest BCUT2D eigenvalue weighted by Gasteiger charge is -2.33. The van der Waals surface area contributed by atoms with Crippen molar-refractivity contribution in [3.05, 3.63) is 12.2 Å². The standard InChI is InChI=1S/C14H19NO3/c16-13(15-8-9-5-6-10(15)7-9)11-3-1-2-4-12(11)14(17)18/h1-2,9-12H,3-8H2,(H,17,18). The molecule has 98 valence electrons. The van der Waals surface area contributed by atoms with Crippen molar-refractivity contribution in [3.63, 3.8) is 0 Å². The van der Waals surface area contributed by atoms with Gasteiger partial charge < -0.3 is 10.0 Å². The highest BCUT2D eigenvalue weighted by atomic mass is 16.4. The Kier molecular flexibility index (Phi) is 2.88. The molecule has 0 radical (unpaired) electrons. The number of allylic oxidation sites excluding steroid dienone is 2. The van der Waals surface area contributed by atoms with Crippen LogP contribution in [-0.4, -0.2) is 34.5 Å². The van der Waals surface area contributed by atoms with Crippen LogP contribution in [0.25, 0.3) is 0 Å². The van der Waals surface area contributed by atoms with Crippen molar-refractivity contribution in [2.75, 3.05) is 6.54 Å². The molecule has 4 unspecified atom stereocenters. The number of fused-ring (bicyclic) bond motifs is 2. The number of likely N-dealkylation sites (tertiary alicyclic amines) is 1. The van der Waals surface area contributed by atoms with E-state index < -0.39 is 11.9 Å². The number of carbonyl (C=O) groups is 2. The second-order valence-corrected chi connectivity index (χ2v) is 5.82. The minimum atomic E-state index is -0.831. The third-order valence-corrected chi connectivity index (χ3v) is 4.76. The molecule has 0 aromatic rings. The van der Waals surface area contributed by atoms with Crippen LogP contribution in [0.5, 0.6) is 0 Å². The summed E-state index contributed by atoms with van der Waals surface area (Å²) in [6.07, 6.45) is 8.40. The minimum absolute atomic E-state index is 0.0824. The summed E-state index contributed by atoms with van der Waals surface area (Å²) < 4.78 is 0. The Hall–Kier alpha value is -1.32. The van der Waals surface area contributed by atoms with Crippen LogP contribution < -0.4 is 0 Å². The fraction of sp³-hybridized carbons (Fsp3) is 0.714. The van der Waals surface area contributed by atoms with Crippen molar-refractivity contribution >= 4 is 11.9 Å². The van der Waals surface area contributed by atoms with Crippen molar-refractivity contribution in [1.82, 2.24) is 4.90 Å². The first-order valence-corrected chi connectivity index (χ1v) is 6.85. The number of rotatable bonds is 2. The lowest BCUT2D eigenvalue weighted by Crippen LogP contribution is -2.45. The SMILES string of the molecule is O=C(O)C1CC=CCC1C(=O)N1CC2CCC1C2. The number of piperidine rings is 1. The summed E-state index contributed by atoms with van der Waals surface area (Å²) in [5.74, 6) is -0.948. The summed E-state index contributed by atoms with van der Waals surface area (Å²) >= 11 is 0. The molecule has 4 nitrogen and oxygen atoms in total. The van der Waals surface area contributed by atoms with E-state index in [9.17, 15) is 14.7 Å². The number of nitrogens with zero attached hydrogens (tertiary/aromatic N) is 1. The van der Waals surface area contributed by atoms with Gasteiger partial charge in [0.05, 0.1) is 11.8 Å². The molecular formula is C14H19NO3. The average Bonchev–Trinajstić information content (AvgIpc) is 3.00. The van der Waals surface area contributed by atoms with E-state index in [1.807, 2.05) is 17.1 Å². The Morgan fingerprint density at radius 3 is 2.39 bits per heavy atom. The van der Waals surface area contributed by atoms with Gasteiger partial charge in [-0.05, 0) is 38.0 Å². The summed E-state index contributed by atoms with van der Waals surface area (Å²) in [6, 6.07) is 0.392. The monoisotopic (exact) mass is 249 g/mol. The molecule has 2 aliphatic carbocycles. The maximum absolute atomic E-state index is 12.5. The molecule has 1 aliphatic heterocycles. The Morgan fingerprint density at radius 2 is 1.83 bits per heavy atom. The van der Waals surface area contributed by atoms with Gasteiger partial charge in [-0.3, -0.25) is 9.59 Å². The number of carboxylic acid groups (broad SMARTS) is 1. The van der Waals surface area contributed by atoms with E-state index in [4.69, 9.17) is 0 Å². The summed E-state index contributed by atoms with van der Waals surface area (Å²) in [6.45, 7) is 0.857. The topological polar surface area (TPSA) is 57.6 Å². The Balaban J connectivity index is 1.75. The molecule has 4 heteroatoms. The summed E-state index contributed by atoms with van der Waals surface area (Å²) in [7, 11) is 0. The van der Waals surface area contributed by atoms with Crippen LogP contribution in [0.2, 0.25) is 0 Å². The zero-order valence-corrected chi connectivity index (χ0v) is 10.4. The van der Waals surface area contributed by atoms with Gasteiger partial charge in [0.1, 0.15) is 0 Å². The Morgan fingerprint density at radius 1 is 1.11 bits per heavy atom. The van der Waals surface area contributed by atoms with Crippen LogP contribution >= 0.6 is 0 Å². The molecule has 2 fully saturated rings. The van der Waals surface area contributed by atoms with E-state index in [1.165, 1.54) is 6.42 Å². The van der Waals surface area contributed by atoms with Crippen LogP contribution in [-0.2, 0) is 9.59 Å². The molecule has 1 amide bonds. The van der Waals surface area contributed by atoms with Crippen LogP contribution in [0, 0.1) is 17.8 Å². The molecule has 2 bridgehead atoms. The van der Waals surface area contributed by atoms with Gasteiger partial charge in [-0.25, -0.2) is 0 Å². The summed E-state index contributed by atoms with van der Waals surface area (Å²) in [5.41, 5.74) is 0. The molecule has 4 atom stereocenters. The van der Waals surface area contributed by atoms with Crippen molar-refractivity contribution < 1.29 is 14.7 Å². The molecule has 1 saturated carbocycles. The van der Waals surface area contributed by atoms with Crippen LogP contribution in [0.4, 0.5) is 0 Å². The number of hydrogen-bond donors (Lipinski definition) is 1. The molecule has 18 heavy (non-hydrogen) atoms. The maximum Gasteiger partial charge on any atom is 0.307 e. The largest absolute Gasteiger partial charge is 0.481 e. The average molecular weight is 249 g/mol. The van der Waals surface area contributed by atoms with Gasteiger partial charge in [0.2, 0.25) is 5.91 Å². The lowest BCUT2D eigenvalue weighted by molar-refractivity contribution is -0.151. The zero-order chi connectivity index (χ0) is 12.7. The van der Waals surface area contributed by atoms with Gasteiger partial charge in [0, 0.05) is 12.6 Å². The van der Waals surface area contributed by atoms with E-state index in [0.29, 0.717) is 24.8 Å². The van der Waals surface area contributed by atoms with Gasteiger partial charge in [-0.2, -0.15) is 0 Å². The quantitative estimate of drug-likeness (QED) is 0.757. The number of aliphatic carboxylic acids is 1. The zero-order valence-electron chi connectivity index (χ0n) is 10.4. The molecule has 0 aromatic heterocycles. The number of carboxylic acids is 1. The van der Waals surface area contributed by atoms with E-state index in [2.05, 4.69) is 0 Å². The lowest BCUT2D eigenvalue weighted by atomic mass is 9.82. The van der Waals surface area contributed by atoms with E-state index >= 15 is 0 Å². The highest BCUT2D eigenvalue weighted by molar-refractivity contribution is 5.85. The van der Waals surface area contributed by atoms with E-state index in [0.717, 1.165) is 19.4 Å². The predicted molar refractivity (Wildman–Crippen MR) is 65.8 cm³/mol. The number of carbonyl (C=O) groups excluding carboxylic acids is 1. The number of amides is 1. The molecule has 1 N–H and O–H groups in total. The van der Waals surface area contributed by atoms with E-state index in [-0.39, 0.29) is 11.8 Å². The van der Waals surface area contributed by atoms with E-state index in [1.54, 1.807) is 0 Å². The van der Waals surface area contributed by atoms with Crippen molar-refractivity contribution in [2.45, 2.75) is 38.1 Å².